The van der Waals surface area contributed by atoms with Crippen molar-refractivity contribution in [3.05, 3.63) is 273 Å². The quantitative estimate of drug-likeness (QED) is 0.152. The molecule has 0 fully saturated rings. The number of aromatic nitrogens is 5. The third-order valence-electron chi connectivity index (χ3n) is 16.4. The number of rotatable bonds is 8. The SMILES string of the molecule is c1ccc(-c2cc(-c3ccccc3)cc(-c3cccc(-c4nc(-n5c6ccccc6c6ccc(-c7ccc8oc9ccccc9c8c7)cc65)nc(-n5c6ccccc6c6ccc(-c7ccc8oc9ccccc9c8c7)cc65)n4)c3)c2)cc1. The Morgan fingerprint density at radius 2 is 0.561 bits per heavy atom. The smallest absolute Gasteiger partial charge is 0.240 e. The van der Waals surface area contributed by atoms with Crippen LogP contribution in [0.5, 0.6) is 0 Å². The Hall–Kier alpha value is -11.2. The molecule has 0 unspecified atom stereocenters. The molecule has 0 bridgehead atoms. The summed E-state index contributed by atoms with van der Waals surface area (Å²) in [6, 6.07) is 96.7. The first-order chi connectivity index (χ1) is 40.6. The molecule has 0 spiro atoms. The maximum absolute atomic E-state index is 6.28. The minimum atomic E-state index is 0.502. The van der Waals surface area contributed by atoms with Crippen molar-refractivity contribution in [1.29, 1.82) is 0 Å². The molecule has 12 aromatic carbocycles. The molecule has 17 aromatic rings. The lowest BCUT2D eigenvalue weighted by atomic mass is 9.93. The molecule has 0 amide bonds. The first-order valence-electron chi connectivity index (χ1n) is 27.6. The molecule has 7 nitrogen and oxygen atoms in total. The minimum Gasteiger partial charge on any atom is -0.456 e. The van der Waals surface area contributed by atoms with E-state index >= 15 is 0 Å². The summed E-state index contributed by atoms with van der Waals surface area (Å²) in [7, 11) is 0. The molecule has 7 heteroatoms. The lowest BCUT2D eigenvalue weighted by Crippen LogP contribution is -2.10. The zero-order valence-corrected chi connectivity index (χ0v) is 44.0. The fraction of sp³-hybridized carbons (Fsp3) is 0. The summed E-state index contributed by atoms with van der Waals surface area (Å²) in [5, 5.41) is 8.73. The second kappa shape index (κ2) is 18.2. The zero-order valence-electron chi connectivity index (χ0n) is 44.0. The van der Waals surface area contributed by atoms with E-state index in [1.807, 2.05) is 24.3 Å². The van der Waals surface area contributed by atoms with E-state index in [1.54, 1.807) is 0 Å². The van der Waals surface area contributed by atoms with Crippen molar-refractivity contribution < 1.29 is 8.83 Å². The van der Waals surface area contributed by atoms with Crippen molar-refractivity contribution in [2.75, 3.05) is 0 Å². The fourth-order valence-electron chi connectivity index (χ4n) is 12.5. The van der Waals surface area contributed by atoms with Gasteiger partial charge in [-0.05, 0) is 141 Å². The van der Waals surface area contributed by atoms with E-state index in [-0.39, 0.29) is 0 Å². The van der Waals surface area contributed by atoms with Crippen molar-refractivity contribution >= 4 is 87.5 Å². The summed E-state index contributed by atoms with van der Waals surface area (Å²) in [5.41, 5.74) is 19.3. The molecule has 17 rings (SSSR count). The van der Waals surface area contributed by atoms with Gasteiger partial charge in [0.15, 0.2) is 5.82 Å². The van der Waals surface area contributed by atoms with Gasteiger partial charge in [0, 0.05) is 48.7 Å². The van der Waals surface area contributed by atoms with E-state index in [0.29, 0.717) is 17.7 Å². The van der Waals surface area contributed by atoms with Crippen LogP contribution in [0.3, 0.4) is 0 Å². The highest BCUT2D eigenvalue weighted by Crippen LogP contribution is 2.41. The van der Waals surface area contributed by atoms with Crippen molar-refractivity contribution in [2.24, 2.45) is 0 Å². The second-order valence-electron chi connectivity index (χ2n) is 21.2. The Balaban J connectivity index is 0.901. The normalized spacial score (nSPS) is 11.9. The number of furan rings is 2. The van der Waals surface area contributed by atoms with E-state index in [4.69, 9.17) is 23.8 Å². The van der Waals surface area contributed by atoms with Gasteiger partial charge in [-0.15, -0.1) is 0 Å². The summed E-state index contributed by atoms with van der Waals surface area (Å²) in [6.07, 6.45) is 0. The van der Waals surface area contributed by atoms with Crippen molar-refractivity contribution in [3.63, 3.8) is 0 Å². The summed E-state index contributed by atoms with van der Waals surface area (Å²) >= 11 is 0. The number of hydrogen-bond acceptors (Lipinski definition) is 5. The highest BCUT2D eigenvalue weighted by Gasteiger charge is 2.23. The lowest BCUT2D eigenvalue weighted by Gasteiger charge is -2.14. The Kier molecular flexibility index (Phi) is 10.2. The number of para-hydroxylation sites is 4. The third-order valence-corrected chi connectivity index (χ3v) is 16.4. The highest BCUT2D eigenvalue weighted by atomic mass is 16.3. The number of benzene rings is 12. The molecule has 0 aliphatic heterocycles. The number of hydrogen-bond donors (Lipinski definition) is 0. The third kappa shape index (κ3) is 7.41. The van der Waals surface area contributed by atoms with Crippen LogP contribution >= 0.6 is 0 Å². The summed E-state index contributed by atoms with van der Waals surface area (Å²) in [4.78, 5) is 16.8. The molecule has 82 heavy (non-hydrogen) atoms. The van der Waals surface area contributed by atoms with E-state index in [2.05, 4.69) is 258 Å². The van der Waals surface area contributed by atoms with E-state index in [1.165, 1.54) is 0 Å². The van der Waals surface area contributed by atoms with Gasteiger partial charge in [0.2, 0.25) is 11.9 Å². The van der Waals surface area contributed by atoms with Crippen LogP contribution in [-0.2, 0) is 0 Å². The van der Waals surface area contributed by atoms with Crippen LogP contribution < -0.4 is 0 Å². The van der Waals surface area contributed by atoms with Crippen LogP contribution in [-0.4, -0.2) is 24.1 Å². The Labute approximate surface area is 469 Å². The van der Waals surface area contributed by atoms with Gasteiger partial charge in [0.1, 0.15) is 22.3 Å². The number of nitrogens with zero attached hydrogens (tertiary/aromatic N) is 5. The van der Waals surface area contributed by atoms with Crippen LogP contribution in [0.2, 0.25) is 0 Å². The largest absolute Gasteiger partial charge is 0.456 e. The van der Waals surface area contributed by atoms with Gasteiger partial charge >= 0.3 is 0 Å². The van der Waals surface area contributed by atoms with Gasteiger partial charge in [-0.1, -0.05) is 188 Å². The van der Waals surface area contributed by atoms with Crippen LogP contribution in [0.1, 0.15) is 0 Å². The summed E-state index contributed by atoms with van der Waals surface area (Å²) in [5.74, 6) is 1.55. The van der Waals surface area contributed by atoms with Gasteiger partial charge in [0.25, 0.3) is 0 Å². The standard InChI is InChI=1S/C75H45N5O2/c1-3-16-46(17-4-1)54-39-55(47-18-5-2-6-19-47)41-56(40-54)48-20-15-21-53(38-48)73-76-74(79-65-26-11-7-22-57(65)59-34-30-51(44-67(59)79)49-32-36-71-63(42-49)61-24-9-13-28-69(61)81-71)78-75(77-73)80-66-27-12-8-23-58(66)60-35-31-52(45-68(60)80)50-33-37-72-64(43-50)62-25-10-14-29-70(62)82-72/h1-45H. The molecule has 0 saturated carbocycles. The topological polar surface area (TPSA) is 74.8 Å². The van der Waals surface area contributed by atoms with Crippen molar-refractivity contribution in [1.82, 2.24) is 24.1 Å². The maximum Gasteiger partial charge on any atom is 0.240 e. The first-order valence-corrected chi connectivity index (χ1v) is 27.6. The molecule has 5 aromatic heterocycles. The monoisotopic (exact) mass is 1050 g/mol. The average Bonchev–Trinajstić information content (AvgIpc) is 3.96. The average molecular weight is 1050 g/mol. The van der Waals surface area contributed by atoms with Gasteiger partial charge in [-0.3, -0.25) is 9.13 Å². The predicted octanol–water partition coefficient (Wildman–Crippen LogP) is 19.9. The van der Waals surface area contributed by atoms with E-state index in [0.717, 1.165) is 149 Å². The van der Waals surface area contributed by atoms with Crippen molar-refractivity contribution in [2.45, 2.75) is 0 Å². The lowest BCUT2D eigenvalue weighted by molar-refractivity contribution is 0.668. The predicted molar refractivity (Wildman–Crippen MR) is 336 cm³/mol. The molecule has 382 valence electrons. The van der Waals surface area contributed by atoms with Crippen LogP contribution in [0, 0.1) is 0 Å². The van der Waals surface area contributed by atoms with Crippen molar-refractivity contribution in [3.8, 4) is 78.9 Å². The summed E-state index contributed by atoms with van der Waals surface area (Å²) in [6.45, 7) is 0. The molecule has 0 aliphatic rings. The van der Waals surface area contributed by atoms with E-state index in [9.17, 15) is 0 Å². The zero-order chi connectivity index (χ0) is 53.8. The molecule has 0 aliphatic carbocycles. The molecular weight excluding hydrogens is 1000 g/mol. The van der Waals surface area contributed by atoms with Crippen LogP contribution in [0.4, 0.5) is 0 Å². The fourth-order valence-corrected chi connectivity index (χ4v) is 12.5. The highest BCUT2D eigenvalue weighted by molar-refractivity contribution is 6.13. The van der Waals surface area contributed by atoms with Gasteiger partial charge in [-0.25, -0.2) is 0 Å². The molecule has 0 N–H and O–H groups in total. The molecule has 5 heterocycles. The van der Waals surface area contributed by atoms with Crippen LogP contribution in [0.15, 0.2) is 282 Å². The molecule has 0 atom stereocenters. The van der Waals surface area contributed by atoms with Gasteiger partial charge in [0.05, 0.1) is 22.1 Å². The van der Waals surface area contributed by atoms with Gasteiger partial charge < -0.3 is 8.83 Å². The summed E-state index contributed by atoms with van der Waals surface area (Å²) < 4.78 is 17.0. The molecular formula is C75H45N5O2. The maximum atomic E-state index is 6.28. The second-order valence-corrected chi connectivity index (χ2v) is 21.2. The minimum absolute atomic E-state index is 0.502. The Morgan fingerprint density at radius 1 is 0.207 bits per heavy atom. The van der Waals surface area contributed by atoms with Crippen LogP contribution in [0.25, 0.3) is 166 Å². The van der Waals surface area contributed by atoms with E-state index < -0.39 is 0 Å². The Morgan fingerprint density at radius 3 is 1.07 bits per heavy atom. The Bertz CT molecular complexity index is 5110. The molecule has 0 saturated heterocycles. The number of fused-ring (bicyclic) bond motifs is 12. The molecule has 0 radical (unpaired) electrons. The first kappa shape index (κ1) is 45.8. The van der Waals surface area contributed by atoms with Gasteiger partial charge in [-0.2, -0.15) is 15.0 Å².